The summed E-state index contributed by atoms with van der Waals surface area (Å²) in [6, 6.07) is 0.329. The summed E-state index contributed by atoms with van der Waals surface area (Å²) in [7, 11) is 0. The van der Waals surface area contributed by atoms with Crippen molar-refractivity contribution in [2.24, 2.45) is 5.73 Å². The van der Waals surface area contributed by atoms with Crippen LogP contribution in [0.15, 0.2) is 12.7 Å². The predicted octanol–water partition coefficient (Wildman–Crippen LogP) is 1.62. The molecule has 1 unspecified atom stereocenters. The number of hydrogen-bond donors (Lipinski definition) is 1. The monoisotopic (exact) mass is 170 g/mol. The molecule has 0 aromatic rings. The van der Waals surface area contributed by atoms with E-state index >= 15 is 0 Å². The Morgan fingerprint density at radius 1 is 1.50 bits per heavy atom. The Hall–Kier alpha value is -0.340. The standard InChI is InChI=1S/C10H22N2/c1-4-7-10(11)9-12(6-3)8-5-2/h5,10H,2,4,6-9,11H2,1,3H3. The van der Waals surface area contributed by atoms with E-state index in [2.05, 4.69) is 25.3 Å². The predicted molar refractivity (Wildman–Crippen MR) is 55.2 cm³/mol. The minimum Gasteiger partial charge on any atom is -0.327 e. The summed E-state index contributed by atoms with van der Waals surface area (Å²) in [5, 5.41) is 0. The van der Waals surface area contributed by atoms with Crippen molar-refractivity contribution < 1.29 is 0 Å². The van der Waals surface area contributed by atoms with E-state index < -0.39 is 0 Å². The molecule has 0 aromatic carbocycles. The lowest BCUT2D eigenvalue weighted by Crippen LogP contribution is -2.37. The van der Waals surface area contributed by atoms with Crippen molar-refractivity contribution in [2.75, 3.05) is 19.6 Å². The maximum absolute atomic E-state index is 5.91. The third-order valence-electron chi connectivity index (χ3n) is 1.99. The van der Waals surface area contributed by atoms with Crippen molar-refractivity contribution in [3.63, 3.8) is 0 Å². The Labute approximate surface area is 76.4 Å². The van der Waals surface area contributed by atoms with Gasteiger partial charge in [0, 0.05) is 19.1 Å². The molecule has 72 valence electrons. The Morgan fingerprint density at radius 3 is 2.58 bits per heavy atom. The summed E-state index contributed by atoms with van der Waals surface area (Å²) in [5.74, 6) is 0. The topological polar surface area (TPSA) is 29.3 Å². The zero-order chi connectivity index (χ0) is 9.40. The van der Waals surface area contributed by atoms with E-state index in [1.54, 1.807) is 0 Å². The van der Waals surface area contributed by atoms with E-state index in [0.29, 0.717) is 6.04 Å². The quantitative estimate of drug-likeness (QED) is 0.588. The van der Waals surface area contributed by atoms with E-state index in [9.17, 15) is 0 Å². The maximum atomic E-state index is 5.91. The smallest absolute Gasteiger partial charge is 0.0167 e. The van der Waals surface area contributed by atoms with Crippen LogP contribution in [-0.2, 0) is 0 Å². The minimum atomic E-state index is 0.329. The molecule has 12 heavy (non-hydrogen) atoms. The number of rotatable bonds is 7. The van der Waals surface area contributed by atoms with Gasteiger partial charge in [-0.2, -0.15) is 0 Å². The molecule has 0 aliphatic carbocycles. The summed E-state index contributed by atoms with van der Waals surface area (Å²) < 4.78 is 0. The van der Waals surface area contributed by atoms with Crippen molar-refractivity contribution in [2.45, 2.75) is 32.7 Å². The van der Waals surface area contributed by atoms with Gasteiger partial charge in [0.25, 0.3) is 0 Å². The summed E-state index contributed by atoms with van der Waals surface area (Å²) >= 11 is 0. The van der Waals surface area contributed by atoms with Gasteiger partial charge in [-0.05, 0) is 13.0 Å². The molecule has 0 spiro atoms. The third kappa shape index (κ3) is 5.33. The molecule has 0 saturated carbocycles. The Balaban J connectivity index is 3.60. The van der Waals surface area contributed by atoms with Crippen LogP contribution in [0, 0.1) is 0 Å². The van der Waals surface area contributed by atoms with Crippen molar-refractivity contribution in [1.29, 1.82) is 0 Å². The summed E-state index contributed by atoms with van der Waals surface area (Å²) in [6.07, 6.45) is 4.22. The zero-order valence-electron chi connectivity index (χ0n) is 8.42. The van der Waals surface area contributed by atoms with Crippen molar-refractivity contribution in [1.82, 2.24) is 4.90 Å². The molecule has 2 N–H and O–H groups in total. The number of hydrogen-bond acceptors (Lipinski definition) is 2. The van der Waals surface area contributed by atoms with E-state index in [4.69, 9.17) is 5.73 Å². The molecule has 0 fully saturated rings. The lowest BCUT2D eigenvalue weighted by molar-refractivity contribution is 0.290. The highest BCUT2D eigenvalue weighted by Crippen LogP contribution is 1.97. The van der Waals surface area contributed by atoms with E-state index in [1.807, 2.05) is 6.08 Å². The Morgan fingerprint density at radius 2 is 2.17 bits per heavy atom. The Bertz CT molecular complexity index is 112. The first-order valence-corrected chi connectivity index (χ1v) is 4.83. The number of nitrogens with zero attached hydrogens (tertiary/aromatic N) is 1. The summed E-state index contributed by atoms with van der Waals surface area (Å²) in [4.78, 5) is 2.31. The fourth-order valence-corrected chi connectivity index (χ4v) is 1.31. The van der Waals surface area contributed by atoms with Crippen LogP contribution in [0.5, 0.6) is 0 Å². The van der Waals surface area contributed by atoms with Crippen LogP contribution in [0.2, 0.25) is 0 Å². The molecule has 0 amide bonds. The highest BCUT2D eigenvalue weighted by Gasteiger charge is 2.05. The van der Waals surface area contributed by atoms with Gasteiger partial charge in [0.2, 0.25) is 0 Å². The fraction of sp³-hybridized carbons (Fsp3) is 0.800. The highest BCUT2D eigenvalue weighted by atomic mass is 15.1. The summed E-state index contributed by atoms with van der Waals surface area (Å²) in [5.41, 5.74) is 5.91. The van der Waals surface area contributed by atoms with Crippen molar-refractivity contribution in [3.05, 3.63) is 12.7 Å². The lowest BCUT2D eigenvalue weighted by atomic mass is 10.1. The number of nitrogens with two attached hydrogens (primary N) is 1. The molecular formula is C10H22N2. The van der Waals surface area contributed by atoms with Crippen LogP contribution in [0.3, 0.4) is 0 Å². The summed E-state index contributed by atoms with van der Waals surface area (Å²) in [6.45, 7) is 11.1. The van der Waals surface area contributed by atoms with Crippen molar-refractivity contribution >= 4 is 0 Å². The van der Waals surface area contributed by atoms with E-state index in [0.717, 1.165) is 26.1 Å². The molecule has 0 rings (SSSR count). The first-order chi connectivity index (χ1) is 5.74. The van der Waals surface area contributed by atoms with Crippen LogP contribution in [-0.4, -0.2) is 30.6 Å². The second kappa shape index (κ2) is 7.32. The van der Waals surface area contributed by atoms with Gasteiger partial charge in [-0.3, -0.25) is 4.90 Å². The highest BCUT2D eigenvalue weighted by molar-refractivity contribution is 4.75. The molecule has 0 aromatic heterocycles. The normalized spacial score (nSPS) is 13.3. The largest absolute Gasteiger partial charge is 0.327 e. The SMILES string of the molecule is C=CCN(CC)CC(N)CCC. The average Bonchev–Trinajstić information content (AvgIpc) is 2.04. The van der Waals surface area contributed by atoms with Crippen molar-refractivity contribution in [3.8, 4) is 0 Å². The van der Waals surface area contributed by atoms with Gasteiger partial charge in [0.1, 0.15) is 0 Å². The van der Waals surface area contributed by atoms with Gasteiger partial charge in [-0.15, -0.1) is 6.58 Å². The van der Waals surface area contributed by atoms with Gasteiger partial charge in [0.15, 0.2) is 0 Å². The zero-order valence-corrected chi connectivity index (χ0v) is 8.42. The Kier molecular flexibility index (Phi) is 7.11. The molecule has 2 nitrogen and oxygen atoms in total. The molecule has 0 aliphatic rings. The van der Waals surface area contributed by atoms with Crippen LogP contribution in [0.4, 0.5) is 0 Å². The molecular weight excluding hydrogens is 148 g/mol. The number of likely N-dealkylation sites (N-methyl/N-ethyl adjacent to an activating group) is 1. The van der Waals surface area contributed by atoms with Crippen LogP contribution < -0.4 is 5.73 Å². The molecule has 1 atom stereocenters. The molecule has 0 radical (unpaired) electrons. The maximum Gasteiger partial charge on any atom is 0.0167 e. The van der Waals surface area contributed by atoms with Crippen LogP contribution >= 0.6 is 0 Å². The van der Waals surface area contributed by atoms with Gasteiger partial charge in [0.05, 0.1) is 0 Å². The average molecular weight is 170 g/mol. The first-order valence-electron chi connectivity index (χ1n) is 4.83. The fourth-order valence-electron chi connectivity index (χ4n) is 1.31. The van der Waals surface area contributed by atoms with Gasteiger partial charge >= 0.3 is 0 Å². The lowest BCUT2D eigenvalue weighted by Gasteiger charge is -2.22. The second-order valence-electron chi connectivity index (χ2n) is 3.19. The third-order valence-corrected chi connectivity index (χ3v) is 1.99. The molecule has 0 heterocycles. The molecule has 0 aliphatic heterocycles. The van der Waals surface area contributed by atoms with E-state index in [-0.39, 0.29) is 0 Å². The molecule has 0 bridgehead atoms. The van der Waals surface area contributed by atoms with Crippen LogP contribution in [0.25, 0.3) is 0 Å². The molecule has 2 heteroatoms. The van der Waals surface area contributed by atoms with Crippen LogP contribution in [0.1, 0.15) is 26.7 Å². The van der Waals surface area contributed by atoms with E-state index in [1.165, 1.54) is 6.42 Å². The van der Waals surface area contributed by atoms with Gasteiger partial charge < -0.3 is 5.73 Å². The van der Waals surface area contributed by atoms with Gasteiger partial charge in [-0.1, -0.05) is 26.3 Å². The minimum absolute atomic E-state index is 0.329. The molecule has 0 saturated heterocycles. The first kappa shape index (κ1) is 11.7. The second-order valence-corrected chi connectivity index (χ2v) is 3.19. The van der Waals surface area contributed by atoms with Gasteiger partial charge in [-0.25, -0.2) is 0 Å².